The first-order valence-electron chi connectivity index (χ1n) is 10.3. The first-order chi connectivity index (χ1) is 14.7. The van der Waals surface area contributed by atoms with Gasteiger partial charge in [-0.15, -0.1) is 0 Å². The second-order valence-corrected chi connectivity index (χ2v) is 7.50. The van der Waals surface area contributed by atoms with Gasteiger partial charge in [-0.25, -0.2) is 0 Å². The lowest BCUT2D eigenvalue weighted by Gasteiger charge is -2.31. The van der Waals surface area contributed by atoms with Crippen LogP contribution in [0.15, 0.2) is 54.9 Å². The number of aromatic amines is 1. The standard InChI is InChI=1S/C23H25N5O2/c1-2-16-7-3-4-10-19(16)25-22(29)18-9-6-12-28(15-18)23(30)21-13-20(26-27-21)17-8-5-11-24-14-17/h3-5,7-8,10-11,13-14,18H,2,6,9,12,15H2,1H3,(H,25,29)(H,26,27)/t18-/m0/s1. The molecule has 1 fully saturated rings. The van der Waals surface area contributed by atoms with Gasteiger partial charge in [0, 0.05) is 36.7 Å². The summed E-state index contributed by atoms with van der Waals surface area (Å²) in [6, 6.07) is 13.3. The molecule has 3 heterocycles. The number of hydrogen-bond donors (Lipinski definition) is 2. The Morgan fingerprint density at radius 3 is 2.90 bits per heavy atom. The van der Waals surface area contributed by atoms with E-state index >= 15 is 0 Å². The molecule has 1 saturated heterocycles. The molecule has 1 aliphatic rings. The van der Waals surface area contributed by atoms with Gasteiger partial charge in [0.1, 0.15) is 5.69 Å². The first kappa shape index (κ1) is 19.8. The highest BCUT2D eigenvalue weighted by Gasteiger charge is 2.30. The molecule has 1 aromatic carbocycles. The molecule has 0 spiro atoms. The number of rotatable bonds is 5. The Bertz CT molecular complexity index is 1030. The molecule has 7 nitrogen and oxygen atoms in total. The molecular formula is C23H25N5O2. The SMILES string of the molecule is CCc1ccccc1NC(=O)[C@H]1CCCN(C(=O)c2cc(-c3cccnc3)n[nH]2)C1. The van der Waals surface area contributed by atoms with E-state index in [0.717, 1.165) is 36.1 Å². The molecule has 0 bridgehead atoms. The van der Waals surface area contributed by atoms with Gasteiger partial charge in [-0.2, -0.15) is 5.10 Å². The molecule has 4 rings (SSSR count). The maximum Gasteiger partial charge on any atom is 0.271 e. The Morgan fingerprint density at radius 1 is 1.23 bits per heavy atom. The van der Waals surface area contributed by atoms with Gasteiger partial charge in [0.2, 0.25) is 5.91 Å². The summed E-state index contributed by atoms with van der Waals surface area (Å²) >= 11 is 0. The smallest absolute Gasteiger partial charge is 0.271 e. The number of anilines is 1. The zero-order chi connectivity index (χ0) is 20.9. The van der Waals surface area contributed by atoms with Crippen molar-refractivity contribution in [1.29, 1.82) is 0 Å². The number of benzene rings is 1. The van der Waals surface area contributed by atoms with Crippen molar-refractivity contribution in [3.05, 3.63) is 66.1 Å². The van der Waals surface area contributed by atoms with Gasteiger partial charge >= 0.3 is 0 Å². The van der Waals surface area contributed by atoms with Crippen LogP contribution in [0.2, 0.25) is 0 Å². The van der Waals surface area contributed by atoms with E-state index < -0.39 is 0 Å². The fourth-order valence-corrected chi connectivity index (χ4v) is 3.82. The third kappa shape index (κ3) is 4.25. The Labute approximate surface area is 175 Å². The molecule has 1 atom stereocenters. The maximum absolute atomic E-state index is 13.0. The zero-order valence-corrected chi connectivity index (χ0v) is 17.0. The maximum atomic E-state index is 13.0. The van der Waals surface area contributed by atoms with Crippen LogP contribution in [-0.2, 0) is 11.2 Å². The summed E-state index contributed by atoms with van der Waals surface area (Å²) in [5.41, 5.74) is 3.90. The summed E-state index contributed by atoms with van der Waals surface area (Å²) in [7, 11) is 0. The number of para-hydroxylation sites is 1. The molecule has 2 N–H and O–H groups in total. The van der Waals surface area contributed by atoms with Crippen LogP contribution in [-0.4, -0.2) is 45.0 Å². The summed E-state index contributed by atoms with van der Waals surface area (Å²) in [5.74, 6) is -0.397. The summed E-state index contributed by atoms with van der Waals surface area (Å²) in [6.45, 7) is 3.10. The lowest BCUT2D eigenvalue weighted by Crippen LogP contribution is -2.44. The molecule has 0 saturated carbocycles. The highest BCUT2D eigenvalue weighted by molar-refractivity contribution is 5.96. The van der Waals surface area contributed by atoms with Crippen molar-refractivity contribution in [3.63, 3.8) is 0 Å². The topological polar surface area (TPSA) is 91.0 Å². The van der Waals surface area contributed by atoms with Crippen LogP contribution in [0.25, 0.3) is 11.3 Å². The van der Waals surface area contributed by atoms with Crippen molar-refractivity contribution in [1.82, 2.24) is 20.1 Å². The molecule has 154 valence electrons. The number of carbonyl (C=O) groups is 2. The van der Waals surface area contributed by atoms with E-state index in [9.17, 15) is 9.59 Å². The summed E-state index contributed by atoms with van der Waals surface area (Å²) in [6.07, 6.45) is 5.82. The number of pyridine rings is 1. The third-order valence-electron chi connectivity index (χ3n) is 5.50. The molecule has 2 amide bonds. The van der Waals surface area contributed by atoms with Gasteiger partial charge in [0.05, 0.1) is 11.6 Å². The number of hydrogen-bond acceptors (Lipinski definition) is 4. The van der Waals surface area contributed by atoms with Gasteiger partial charge in [0.25, 0.3) is 5.91 Å². The van der Waals surface area contributed by atoms with Crippen LogP contribution in [0.5, 0.6) is 0 Å². The second-order valence-electron chi connectivity index (χ2n) is 7.50. The van der Waals surface area contributed by atoms with E-state index in [-0.39, 0.29) is 17.7 Å². The number of nitrogens with one attached hydrogen (secondary N) is 2. The van der Waals surface area contributed by atoms with Gasteiger partial charge < -0.3 is 10.2 Å². The van der Waals surface area contributed by atoms with Crippen LogP contribution in [0.4, 0.5) is 5.69 Å². The van der Waals surface area contributed by atoms with Gasteiger partial charge in [0.15, 0.2) is 0 Å². The average Bonchev–Trinajstić information content (AvgIpc) is 3.30. The Kier molecular flexibility index (Phi) is 5.88. The molecule has 0 radical (unpaired) electrons. The van der Waals surface area contributed by atoms with Crippen molar-refractivity contribution >= 4 is 17.5 Å². The average molecular weight is 403 g/mol. The number of nitrogens with zero attached hydrogens (tertiary/aromatic N) is 3. The highest BCUT2D eigenvalue weighted by atomic mass is 16.2. The molecule has 0 aliphatic carbocycles. The van der Waals surface area contributed by atoms with Gasteiger partial charge in [-0.1, -0.05) is 25.1 Å². The molecule has 30 heavy (non-hydrogen) atoms. The molecule has 3 aromatic rings. The van der Waals surface area contributed by atoms with E-state index in [1.165, 1.54) is 0 Å². The van der Waals surface area contributed by atoms with Gasteiger partial charge in [-0.05, 0) is 49.1 Å². The second kappa shape index (κ2) is 8.90. The molecule has 2 aromatic heterocycles. The lowest BCUT2D eigenvalue weighted by atomic mass is 9.96. The fourth-order valence-electron chi connectivity index (χ4n) is 3.82. The molecule has 0 unspecified atom stereocenters. The molecular weight excluding hydrogens is 378 g/mol. The Balaban J connectivity index is 1.43. The van der Waals surface area contributed by atoms with E-state index in [2.05, 4.69) is 27.4 Å². The third-order valence-corrected chi connectivity index (χ3v) is 5.50. The van der Waals surface area contributed by atoms with Crippen molar-refractivity contribution in [2.75, 3.05) is 18.4 Å². The zero-order valence-electron chi connectivity index (χ0n) is 17.0. The largest absolute Gasteiger partial charge is 0.337 e. The predicted octanol–water partition coefficient (Wildman–Crippen LogP) is 3.53. The highest BCUT2D eigenvalue weighted by Crippen LogP contribution is 2.23. The van der Waals surface area contributed by atoms with E-state index in [4.69, 9.17) is 0 Å². The lowest BCUT2D eigenvalue weighted by molar-refractivity contribution is -0.121. The van der Waals surface area contributed by atoms with Gasteiger partial charge in [-0.3, -0.25) is 19.7 Å². The number of H-pyrrole nitrogens is 1. The summed E-state index contributed by atoms with van der Waals surface area (Å²) in [4.78, 5) is 31.7. The van der Waals surface area contributed by atoms with Crippen molar-refractivity contribution in [2.45, 2.75) is 26.2 Å². The van der Waals surface area contributed by atoms with Crippen molar-refractivity contribution in [2.24, 2.45) is 5.92 Å². The fraction of sp³-hybridized carbons (Fsp3) is 0.304. The first-order valence-corrected chi connectivity index (χ1v) is 10.3. The van der Waals surface area contributed by atoms with Crippen molar-refractivity contribution < 1.29 is 9.59 Å². The number of piperidine rings is 1. The minimum atomic E-state index is -0.228. The number of likely N-dealkylation sites (tertiary alicyclic amines) is 1. The minimum absolute atomic E-state index is 0.0333. The van der Waals surface area contributed by atoms with Crippen LogP contribution >= 0.6 is 0 Å². The normalized spacial score (nSPS) is 16.3. The Hall–Kier alpha value is -3.48. The van der Waals surface area contributed by atoms with Crippen LogP contribution in [0.3, 0.4) is 0 Å². The van der Waals surface area contributed by atoms with Crippen molar-refractivity contribution in [3.8, 4) is 11.3 Å². The number of amides is 2. The molecule has 7 heteroatoms. The minimum Gasteiger partial charge on any atom is -0.337 e. The Morgan fingerprint density at radius 2 is 2.10 bits per heavy atom. The predicted molar refractivity (Wildman–Crippen MR) is 115 cm³/mol. The monoisotopic (exact) mass is 403 g/mol. The number of aromatic nitrogens is 3. The molecule has 1 aliphatic heterocycles. The summed E-state index contributed by atoms with van der Waals surface area (Å²) in [5, 5.41) is 10.1. The summed E-state index contributed by atoms with van der Waals surface area (Å²) < 4.78 is 0. The van der Waals surface area contributed by atoms with Crippen LogP contribution in [0.1, 0.15) is 35.8 Å². The quantitative estimate of drug-likeness (QED) is 0.682. The number of aryl methyl sites for hydroxylation is 1. The number of carbonyl (C=O) groups excluding carboxylic acids is 2. The van der Waals surface area contributed by atoms with E-state index in [1.807, 2.05) is 36.4 Å². The van der Waals surface area contributed by atoms with E-state index in [1.54, 1.807) is 23.4 Å². The van der Waals surface area contributed by atoms with E-state index in [0.29, 0.717) is 24.5 Å². The van der Waals surface area contributed by atoms with Crippen LogP contribution in [0, 0.1) is 5.92 Å². The van der Waals surface area contributed by atoms with Crippen LogP contribution < -0.4 is 5.32 Å².